The van der Waals surface area contributed by atoms with E-state index in [9.17, 15) is 9.90 Å². The summed E-state index contributed by atoms with van der Waals surface area (Å²) < 4.78 is 0. The molecular formula is C15H13Cl2NO2S. The number of hydrogen-bond donors (Lipinski definition) is 2. The molecule has 0 saturated heterocycles. The summed E-state index contributed by atoms with van der Waals surface area (Å²) in [4.78, 5) is 12.8. The largest absolute Gasteiger partial charge is 0.508 e. The van der Waals surface area contributed by atoms with E-state index in [0.29, 0.717) is 27.9 Å². The number of hydrogen-bond acceptors (Lipinski definition) is 3. The Hall–Kier alpha value is -1.36. The van der Waals surface area contributed by atoms with Crippen molar-refractivity contribution in [2.75, 3.05) is 11.1 Å². The van der Waals surface area contributed by atoms with E-state index >= 15 is 0 Å². The maximum Gasteiger partial charge on any atom is 0.225 e. The number of para-hydroxylation sites is 1. The molecule has 1 amide bonds. The van der Waals surface area contributed by atoms with Crippen LogP contribution in [-0.2, 0) is 4.79 Å². The Bertz CT molecular complexity index is 629. The van der Waals surface area contributed by atoms with Crippen LogP contribution < -0.4 is 5.32 Å². The Kier molecular flexibility index (Phi) is 5.79. The maximum absolute atomic E-state index is 11.9. The molecule has 0 aromatic heterocycles. The van der Waals surface area contributed by atoms with Gasteiger partial charge in [-0.05, 0) is 30.3 Å². The van der Waals surface area contributed by atoms with Gasteiger partial charge in [0.15, 0.2) is 0 Å². The molecule has 0 radical (unpaired) electrons. The molecular weight excluding hydrogens is 329 g/mol. The molecule has 0 atom stereocenters. The predicted octanol–water partition coefficient (Wildman–Crippen LogP) is 4.82. The quantitative estimate of drug-likeness (QED) is 0.766. The molecule has 0 aliphatic carbocycles. The fourth-order valence-electron chi connectivity index (χ4n) is 1.65. The molecule has 0 fully saturated rings. The lowest BCUT2D eigenvalue weighted by Crippen LogP contribution is -2.12. The van der Waals surface area contributed by atoms with Crippen LogP contribution >= 0.6 is 35.0 Å². The molecule has 0 spiro atoms. The molecule has 2 rings (SSSR count). The SMILES string of the molecule is O=C(CCSc1cccc(O)c1)Nc1c(Cl)cccc1Cl. The first-order valence-electron chi connectivity index (χ1n) is 6.22. The van der Waals surface area contributed by atoms with E-state index < -0.39 is 0 Å². The lowest BCUT2D eigenvalue weighted by Gasteiger charge is -2.09. The van der Waals surface area contributed by atoms with Crippen molar-refractivity contribution in [2.45, 2.75) is 11.3 Å². The summed E-state index contributed by atoms with van der Waals surface area (Å²) in [7, 11) is 0. The average Bonchev–Trinajstić information content (AvgIpc) is 2.43. The zero-order chi connectivity index (χ0) is 15.2. The van der Waals surface area contributed by atoms with Gasteiger partial charge in [-0.3, -0.25) is 4.79 Å². The summed E-state index contributed by atoms with van der Waals surface area (Å²) in [5.41, 5.74) is 0.438. The molecule has 0 saturated carbocycles. The molecule has 0 aliphatic heterocycles. The van der Waals surface area contributed by atoms with Gasteiger partial charge in [0.1, 0.15) is 5.75 Å². The van der Waals surface area contributed by atoms with Gasteiger partial charge in [-0.15, -0.1) is 11.8 Å². The topological polar surface area (TPSA) is 49.3 Å². The van der Waals surface area contributed by atoms with Crippen LogP contribution in [0.5, 0.6) is 5.75 Å². The van der Waals surface area contributed by atoms with Crippen molar-refractivity contribution in [1.29, 1.82) is 0 Å². The summed E-state index contributed by atoms with van der Waals surface area (Å²) in [5, 5.41) is 12.9. The number of thioether (sulfide) groups is 1. The number of aromatic hydroxyl groups is 1. The Morgan fingerprint density at radius 2 is 1.81 bits per heavy atom. The van der Waals surface area contributed by atoms with Crippen LogP contribution in [0, 0.1) is 0 Å². The minimum Gasteiger partial charge on any atom is -0.508 e. The van der Waals surface area contributed by atoms with Gasteiger partial charge in [0.2, 0.25) is 5.91 Å². The number of halogens is 2. The summed E-state index contributed by atoms with van der Waals surface area (Å²) in [6.07, 6.45) is 0.321. The number of carbonyl (C=O) groups is 1. The van der Waals surface area contributed by atoms with Crippen LogP contribution in [0.25, 0.3) is 0 Å². The average molecular weight is 342 g/mol. The highest BCUT2D eigenvalue weighted by molar-refractivity contribution is 7.99. The third kappa shape index (κ3) is 4.84. The molecule has 2 aromatic rings. The first-order chi connectivity index (χ1) is 10.1. The number of benzene rings is 2. The van der Waals surface area contributed by atoms with Gasteiger partial charge in [0, 0.05) is 17.1 Å². The minimum atomic E-state index is -0.155. The van der Waals surface area contributed by atoms with Crippen molar-refractivity contribution < 1.29 is 9.90 Å². The van der Waals surface area contributed by atoms with Crippen molar-refractivity contribution in [3.05, 3.63) is 52.5 Å². The monoisotopic (exact) mass is 341 g/mol. The van der Waals surface area contributed by atoms with Crippen molar-refractivity contribution in [1.82, 2.24) is 0 Å². The van der Waals surface area contributed by atoms with E-state index in [1.807, 2.05) is 6.07 Å². The molecule has 0 unspecified atom stereocenters. The second-order valence-corrected chi connectivity index (χ2v) is 6.22. The normalized spacial score (nSPS) is 10.4. The van der Waals surface area contributed by atoms with Crippen molar-refractivity contribution >= 4 is 46.6 Å². The molecule has 0 heterocycles. The highest BCUT2D eigenvalue weighted by atomic mass is 35.5. The Morgan fingerprint density at radius 1 is 1.14 bits per heavy atom. The summed E-state index contributed by atoms with van der Waals surface area (Å²) in [6.45, 7) is 0. The Labute approximate surface area is 137 Å². The molecule has 2 aromatic carbocycles. The van der Waals surface area contributed by atoms with Gasteiger partial charge < -0.3 is 10.4 Å². The third-order valence-corrected chi connectivity index (χ3v) is 4.27. The van der Waals surface area contributed by atoms with Crippen LogP contribution in [0.3, 0.4) is 0 Å². The van der Waals surface area contributed by atoms with Crippen molar-refractivity contribution in [2.24, 2.45) is 0 Å². The molecule has 2 N–H and O–H groups in total. The standard InChI is InChI=1S/C15H13Cl2NO2S/c16-12-5-2-6-13(17)15(12)18-14(20)7-8-21-11-4-1-3-10(19)9-11/h1-6,9,19H,7-8H2,(H,18,20). The summed E-state index contributed by atoms with van der Waals surface area (Å²) >= 11 is 13.5. The Morgan fingerprint density at radius 3 is 2.48 bits per heavy atom. The molecule has 110 valence electrons. The van der Waals surface area contributed by atoms with E-state index in [2.05, 4.69) is 5.32 Å². The van der Waals surface area contributed by atoms with Crippen LogP contribution in [0.15, 0.2) is 47.4 Å². The predicted molar refractivity (Wildman–Crippen MR) is 88.5 cm³/mol. The fraction of sp³-hybridized carbons (Fsp3) is 0.133. The number of anilines is 1. The lowest BCUT2D eigenvalue weighted by atomic mass is 10.3. The number of phenols is 1. The van der Waals surface area contributed by atoms with E-state index in [0.717, 1.165) is 4.90 Å². The summed E-state index contributed by atoms with van der Waals surface area (Å²) in [6, 6.07) is 12.0. The number of rotatable bonds is 5. The fourth-order valence-corrected chi connectivity index (χ4v) is 3.05. The zero-order valence-corrected chi connectivity index (χ0v) is 13.3. The maximum atomic E-state index is 11.9. The van der Waals surface area contributed by atoms with E-state index in [-0.39, 0.29) is 11.7 Å². The van der Waals surface area contributed by atoms with Gasteiger partial charge in [0.25, 0.3) is 0 Å². The second-order valence-electron chi connectivity index (χ2n) is 4.24. The lowest BCUT2D eigenvalue weighted by molar-refractivity contribution is -0.115. The van der Waals surface area contributed by atoms with E-state index in [4.69, 9.17) is 23.2 Å². The van der Waals surface area contributed by atoms with Crippen molar-refractivity contribution in [3.63, 3.8) is 0 Å². The molecule has 21 heavy (non-hydrogen) atoms. The van der Waals surface area contributed by atoms with Gasteiger partial charge in [0.05, 0.1) is 15.7 Å². The van der Waals surface area contributed by atoms with Crippen LogP contribution in [0.4, 0.5) is 5.69 Å². The number of phenolic OH excluding ortho intramolecular Hbond substituents is 1. The Balaban J connectivity index is 1.85. The second kappa shape index (κ2) is 7.59. The number of nitrogens with one attached hydrogen (secondary N) is 1. The number of amides is 1. The van der Waals surface area contributed by atoms with Gasteiger partial charge in [-0.1, -0.05) is 35.3 Å². The first-order valence-corrected chi connectivity index (χ1v) is 7.96. The third-order valence-electron chi connectivity index (χ3n) is 2.64. The first kappa shape index (κ1) is 16.0. The van der Waals surface area contributed by atoms with Crippen LogP contribution in [-0.4, -0.2) is 16.8 Å². The number of carbonyl (C=O) groups excluding carboxylic acids is 1. The van der Waals surface area contributed by atoms with E-state index in [1.54, 1.807) is 36.4 Å². The summed E-state index contributed by atoms with van der Waals surface area (Å²) in [5.74, 6) is 0.655. The zero-order valence-electron chi connectivity index (χ0n) is 11.0. The van der Waals surface area contributed by atoms with Crippen molar-refractivity contribution in [3.8, 4) is 5.75 Å². The van der Waals surface area contributed by atoms with Crippen LogP contribution in [0.2, 0.25) is 10.0 Å². The van der Waals surface area contributed by atoms with Gasteiger partial charge >= 0.3 is 0 Å². The molecule has 3 nitrogen and oxygen atoms in total. The van der Waals surface area contributed by atoms with Gasteiger partial charge in [-0.2, -0.15) is 0 Å². The van der Waals surface area contributed by atoms with Crippen LogP contribution in [0.1, 0.15) is 6.42 Å². The van der Waals surface area contributed by atoms with E-state index in [1.165, 1.54) is 11.8 Å². The molecule has 6 heteroatoms. The molecule has 0 aliphatic rings. The minimum absolute atomic E-state index is 0.155. The smallest absolute Gasteiger partial charge is 0.225 e. The van der Waals surface area contributed by atoms with Gasteiger partial charge in [-0.25, -0.2) is 0 Å². The highest BCUT2D eigenvalue weighted by Crippen LogP contribution is 2.30. The highest BCUT2D eigenvalue weighted by Gasteiger charge is 2.09. The molecule has 0 bridgehead atoms.